The molecular formula is C19H31ClN2O2. The van der Waals surface area contributed by atoms with Gasteiger partial charge in [0.2, 0.25) is 5.91 Å². The van der Waals surface area contributed by atoms with Crippen LogP contribution in [0.2, 0.25) is 0 Å². The summed E-state index contributed by atoms with van der Waals surface area (Å²) in [6.45, 7) is 8.48. The van der Waals surface area contributed by atoms with Crippen molar-refractivity contribution in [3.05, 3.63) is 35.9 Å². The Labute approximate surface area is 151 Å². The maximum atomic E-state index is 12.7. The molecule has 0 spiro atoms. The Hall–Kier alpha value is -1.10. The molecule has 1 heterocycles. The summed E-state index contributed by atoms with van der Waals surface area (Å²) in [5, 5.41) is 16.2. The lowest BCUT2D eigenvalue weighted by molar-refractivity contribution is -0.131. The summed E-state index contributed by atoms with van der Waals surface area (Å²) >= 11 is 0. The van der Waals surface area contributed by atoms with Gasteiger partial charge in [-0.2, -0.15) is 0 Å². The molecule has 2 rings (SSSR count). The van der Waals surface area contributed by atoms with Crippen molar-refractivity contribution in [2.45, 2.75) is 39.5 Å². The summed E-state index contributed by atoms with van der Waals surface area (Å²) in [4.78, 5) is 12.7. The van der Waals surface area contributed by atoms with Gasteiger partial charge in [0.15, 0.2) is 0 Å². The fourth-order valence-corrected chi connectivity index (χ4v) is 3.30. The Kier molecular flexibility index (Phi) is 7.71. The third-order valence-corrected chi connectivity index (χ3v) is 5.16. The summed E-state index contributed by atoms with van der Waals surface area (Å²) in [6, 6.07) is 10.1. The number of benzene rings is 1. The molecule has 0 bridgehead atoms. The lowest BCUT2D eigenvalue weighted by Gasteiger charge is -2.36. The first-order valence-electron chi connectivity index (χ1n) is 8.54. The van der Waals surface area contributed by atoms with Crippen molar-refractivity contribution in [1.29, 1.82) is 0 Å². The first-order chi connectivity index (χ1) is 10.9. The molecule has 1 fully saturated rings. The van der Waals surface area contributed by atoms with Crippen LogP contribution in [-0.2, 0) is 4.79 Å². The van der Waals surface area contributed by atoms with Crippen LogP contribution in [0.4, 0.5) is 0 Å². The SMILES string of the molecule is CC1(C(=O)NCC(c2ccccc2)C(C)(C)CO)CCCNC1.Cl. The van der Waals surface area contributed by atoms with E-state index < -0.39 is 0 Å². The fraction of sp³-hybridized carbons (Fsp3) is 0.632. The van der Waals surface area contributed by atoms with Crippen molar-refractivity contribution in [2.24, 2.45) is 10.8 Å². The van der Waals surface area contributed by atoms with Gasteiger partial charge in [0.25, 0.3) is 0 Å². The Balaban J connectivity index is 0.00000288. The minimum absolute atomic E-state index is 0. The summed E-state index contributed by atoms with van der Waals surface area (Å²) in [5.41, 5.74) is 0.530. The van der Waals surface area contributed by atoms with Crippen molar-refractivity contribution >= 4 is 18.3 Å². The number of amides is 1. The standard InChI is InChI=1S/C19H30N2O2.ClH/c1-18(2,14-22)16(15-8-5-4-6-9-15)12-21-17(23)19(3)10-7-11-20-13-19;/h4-6,8-9,16,20,22H,7,10-14H2,1-3H3,(H,21,23);1H. The van der Waals surface area contributed by atoms with Crippen molar-refractivity contribution in [3.8, 4) is 0 Å². The molecule has 3 N–H and O–H groups in total. The Bertz CT molecular complexity index is 513. The third kappa shape index (κ3) is 4.95. The second-order valence-corrected chi connectivity index (χ2v) is 7.66. The number of hydrogen-bond donors (Lipinski definition) is 3. The van der Waals surface area contributed by atoms with Gasteiger partial charge >= 0.3 is 0 Å². The van der Waals surface area contributed by atoms with E-state index in [1.54, 1.807) is 0 Å². The van der Waals surface area contributed by atoms with Crippen LogP contribution in [-0.4, -0.2) is 37.3 Å². The minimum Gasteiger partial charge on any atom is -0.396 e. The minimum atomic E-state index is -0.331. The fourth-order valence-electron chi connectivity index (χ4n) is 3.30. The molecule has 0 aromatic heterocycles. The number of aliphatic hydroxyl groups is 1. The number of halogens is 1. The number of rotatable bonds is 6. The zero-order chi connectivity index (χ0) is 16.9. The quantitative estimate of drug-likeness (QED) is 0.736. The second kappa shape index (κ2) is 8.84. The average Bonchev–Trinajstić information content (AvgIpc) is 2.56. The van der Waals surface area contributed by atoms with Crippen LogP contribution in [0.1, 0.15) is 45.1 Å². The van der Waals surface area contributed by atoms with Crippen LogP contribution in [0, 0.1) is 10.8 Å². The van der Waals surface area contributed by atoms with E-state index in [-0.39, 0.29) is 41.7 Å². The molecule has 0 radical (unpaired) electrons. The maximum Gasteiger partial charge on any atom is 0.227 e. The van der Waals surface area contributed by atoms with E-state index in [2.05, 4.69) is 22.8 Å². The van der Waals surface area contributed by atoms with E-state index in [9.17, 15) is 9.90 Å². The van der Waals surface area contributed by atoms with E-state index in [1.807, 2.05) is 39.0 Å². The number of aliphatic hydroxyl groups excluding tert-OH is 1. The molecule has 136 valence electrons. The third-order valence-electron chi connectivity index (χ3n) is 5.16. The number of hydrogen-bond acceptors (Lipinski definition) is 3. The number of piperidine rings is 1. The van der Waals surface area contributed by atoms with Crippen molar-refractivity contribution in [3.63, 3.8) is 0 Å². The van der Waals surface area contributed by atoms with Crippen molar-refractivity contribution in [2.75, 3.05) is 26.2 Å². The number of carbonyl (C=O) groups excluding carboxylic acids is 1. The highest BCUT2D eigenvalue weighted by Gasteiger charge is 2.36. The van der Waals surface area contributed by atoms with Crippen LogP contribution >= 0.6 is 12.4 Å². The van der Waals surface area contributed by atoms with E-state index in [1.165, 1.54) is 0 Å². The molecule has 5 heteroatoms. The maximum absolute atomic E-state index is 12.7. The van der Waals surface area contributed by atoms with Gasteiger partial charge < -0.3 is 15.7 Å². The molecule has 0 aliphatic carbocycles. The molecule has 2 atom stereocenters. The predicted octanol–water partition coefficient (Wildman–Crippen LogP) is 2.72. The summed E-state index contributed by atoms with van der Waals surface area (Å²) < 4.78 is 0. The smallest absolute Gasteiger partial charge is 0.227 e. The summed E-state index contributed by atoms with van der Waals surface area (Å²) in [6.07, 6.45) is 1.96. The molecule has 1 aliphatic heterocycles. The van der Waals surface area contributed by atoms with Crippen LogP contribution in [0.25, 0.3) is 0 Å². The van der Waals surface area contributed by atoms with Crippen LogP contribution in [0.15, 0.2) is 30.3 Å². The molecule has 1 amide bonds. The normalized spacial score (nSPS) is 22.3. The zero-order valence-corrected chi connectivity index (χ0v) is 15.8. The van der Waals surface area contributed by atoms with Crippen molar-refractivity contribution in [1.82, 2.24) is 10.6 Å². The average molecular weight is 355 g/mol. The van der Waals surface area contributed by atoms with E-state index in [4.69, 9.17) is 0 Å². The lowest BCUT2D eigenvalue weighted by Crippen LogP contribution is -2.50. The van der Waals surface area contributed by atoms with Gasteiger partial charge in [-0.3, -0.25) is 4.79 Å². The molecule has 1 aromatic carbocycles. The molecule has 0 saturated carbocycles. The monoisotopic (exact) mass is 354 g/mol. The highest BCUT2D eigenvalue weighted by Crippen LogP contribution is 2.35. The van der Waals surface area contributed by atoms with Gasteiger partial charge in [0.05, 0.1) is 5.41 Å². The molecule has 1 saturated heterocycles. The molecule has 24 heavy (non-hydrogen) atoms. The Morgan fingerprint density at radius 1 is 1.38 bits per heavy atom. The van der Waals surface area contributed by atoms with Crippen LogP contribution in [0.3, 0.4) is 0 Å². The van der Waals surface area contributed by atoms with Gasteiger partial charge in [-0.25, -0.2) is 0 Å². The van der Waals surface area contributed by atoms with E-state index >= 15 is 0 Å². The first kappa shape index (κ1) is 20.9. The second-order valence-electron chi connectivity index (χ2n) is 7.66. The summed E-state index contributed by atoms with van der Waals surface area (Å²) in [5.74, 6) is 0.192. The molecular weight excluding hydrogens is 324 g/mol. The van der Waals surface area contributed by atoms with Gasteiger partial charge in [0.1, 0.15) is 0 Å². The van der Waals surface area contributed by atoms with Gasteiger partial charge in [-0.1, -0.05) is 44.2 Å². The van der Waals surface area contributed by atoms with Gasteiger partial charge in [0, 0.05) is 25.6 Å². The number of carbonyl (C=O) groups is 1. The lowest BCUT2D eigenvalue weighted by atomic mass is 9.75. The largest absolute Gasteiger partial charge is 0.396 e. The molecule has 4 nitrogen and oxygen atoms in total. The highest BCUT2D eigenvalue weighted by molar-refractivity contribution is 5.85. The van der Waals surface area contributed by atoms with Gasteiger partial charge in [-0.15, -0.1) is 12.4 Å². The Morgan fingerprint density at radius 2 is 2.04 bits per heavy atom. The number of nitrogens with one attached hydrogen (secondary N) is 2. The first-order valence-corrected chi connectivity index (χ1v) is 8.54. The van der Waals surface area contributed by atoms with E-state index in [0.717, 1.165) is 31.5 Å². The topological polar surface area (TPSA) is 61.4 Å². The highest BCUT2D eigenvalue weighted by atomic mass is 35.5. The zero-order valence-electron chi connectivity index (χ0n) is 15.0. The molecule has 1 aliphatic rings. The predicted molar refractivity (Wildman–Crippen MR) is 101 cm³/mol. The molecule has 1 aromatic rings. The van der Waals surface area contributed by atoms with E-state index in [0.29, 0.717) is 6.54 Å². The van der Waals surface area contributed by atoms with Crippen LogP contribution < -0.4 is 10.6 Å². The Morgan fingerprint density at radius 3 is 2.58 bits per heavy atom. The van der Waals surface area contributed by atoms with Crippen LogP contribution in [0.5, 0.6) is 0 Å². The van der Waals surface area contributed by atoms with Gasteiger partial charge in [-0.05, 0) is 37.3 Å². The van der Waals surface area contributed by atoms with Crippen molar-refractivity contribution < 1.29 is 9.90 Å². The summed E-state index contributed by atoms with van der Waals surface area (Å²) in [7, 11) is 0. The molecule has 2 unspecified atom stereocenters.